The van der Waals surface area contributed by atoms with E-state index in [2.05, 4.69) is 0 Å². The van der Waals surface area contributed by atoms with Gasteiger partial charge in [0.2, 0.25) is 0 Å². The summed E-state index contributed by atoms with van der Waals surface area (Å²) in [6, 6.07) is 5.95. The largest absolute Gasteiger partial charge is 0.388 e. The molecule has 0 bridgehead atoms. The molecule has 2 aliphatic rings. The number of halogens is 1. The van der Waals surface area contributed by atoms with Crippen LogP contribution in [0.1, 0.15) is 62.2 Å². The van der Waals surface area contributed by atoms with Crippen LogP contribution in [0.15, 0.2) is 18.2 Å². The number of ether oxygens (including phenoxy) is 1. The molecular formula is C18H25ClO2. The molecule has 0 radical (unpaired) electrons. The maximum absolute atomic E-state index is 10.8. The molecule has 2 atom stereocenters. The molecule has 3 rings (SSSR count). The Labute approximate surface area is 132 Å². The normalized spacial score (nSPS) is 26.7. The van der Waals surface area contributed by atoms with Crippen molar-refractivity contribution < 1.29 is 9.84 Å². The van der Waals surface area contributed by atoms with E-state index in [9.17, 15) is 5.11 Å². The summed E-state index contributed by atoms with van der Waals surface area (Å²) < 4.78 is 6.13. The van der Waals surface area contributed by atoms with Crippen LogP contribution in [0, 0.1) is 12.8 Å². The molecule has 1 aliphatic carbocycles. The monoisotopic (exact) mass is 308 g/mol. The molecule has 1 aromatic carbocycles. The van der Waals surface area contributed by atoms with Crippen LogP contribution < -0.4 is 0 Å². The SMILES string of the molecule is Cc1ccc(C(O)C2CCOC3(CCCCC3)C2)c(Cl)c1. The van der Waals surface area contributed by atoms with Gasteiger partial charge in [0.05, 0.1) is 11.7 Å². The Balaban J connectivity index is 1.76. The number of aliphatic hydroxyl groups is 1. The highest BCUT2D eigenvalue weighted by Crippen LogP contribution is 2.45. The molecule has 1 heterocycles. The predicted octanol–water partition coefficient (Wildman–Crippen LogP) is 4.81. The first-order valence-corrected chi connectivity index (χ1v) is 8.56. The molecule has 3 heteroatoms. The summed E-state index contributed by atoms with van der Waals surface area (Å²) in [5, 5.41) is 11.5. The average Bonchev–Trinajstić information content (AvgIpc) is 2.47. The highest BCUT2D eigenvalue weighted by atomic mass is 35.5. The van der Waals surface area contributed by atoms with Gasteiger partial charge in [-0.15, -0.1) is 0 Å². The number of hydrogen-bond donors (Lipinski definition) is 1. The molecule has 1 saturated heterocycles. The van der Waals surface area contributed by atoms with E-state index in [1.807, 2.05) is 25.1 Å². The van der Waals surface area contributed by atoms with E-state index in [0.717, 1.165) is 43.4 Å². The number of rotatable bonds is 2. The fourth-order valence-corrected chi connectivity index (χ4v) is 4.35. The molecule has 2 unspecified atom stereocenters. The van der Waals surface area contributed by atoms with Crippen LogP contribution in [0.5, 0.6) is 0 Å². The van der Waals surface area contributed by atoms with Gasteiger partial charge in [-0.25, -0.2) is 0 Å². The summed E-state index contributed by atoms with van der Waals surface area (Å²) in [4.78, 5) is 0. The van der Waals surface area contributed by atoms with Gasteiger partial charge < -0.3 is 9.84 Å². The summed E-state index contributed by atoms with van der Waals surface area (Å²) in [6.45, 7) is 2.79. The summed E-state index contributed by atoms with van der Waals surface area (Å²) in [5.41, 5.74) is 2.03. The lowest BCUT2D eigenvalue weighted by Crippen LogP contribution is -2.42. The fraction of sp³-hybridized carbons (Fsp3) is 0.667. The number of aliphatic hydroxyl groups excluding tert-OH is 1. The van der Waals surface area contributed by atoms with E-state index in [1.165, 1.54) is 19.3 Å². The molecular weight excluding hydrogens is 284 g/mol. The van der Waals surface area contributed by atoms with Crippen LogP contribution in [-0.2, 0) is 4.74 Å². The van der Waals surface area contributed by atoms with Crippen molar-refractivity contribution in [3.05, 3.63) is 34.3 Å². The van der Waals surface area contributed by atoms with Crippen LogP contribution in [0.25, 0.3) is 0 Å². The molecule has 1 aliphatic heterocycles. The van der Waals surface area contributed by atoms with Crippen LogP contribution in [0.4, 0.5) is 0 Å². The van der Waals surface area contributed by atoms with Gasteiger partial charge in [0, 0.05) is 11.6 Å². The van der Waals surface area contributed by atoms with E-state index in [0.29, 0.717) is 5.02 Å². The second-order valence-corrected chi connectivity index (χ2v) is 7.22. The Morgan fingerprint density at radius 2 is 2.05 bits per heavy atom. The fourth-order valence-electron chi connectivity index (χ4n) is 4.01. The van der Waals surface area contributed by atoms with Crippen molar-refractivity contribution in [2.75, 3.05) is 6.61 Å². The number of benzene rings is 1. The number of aryl methyl sites for hydroxylation is 1. The Morgan fingerprint density at radius 3 is 2.76 bits per heavy atom. The quantitative estimate of drug-likeness (QED) is 0.849. The van der Waals surface area contributed by atoms with Crippen LogP contribution in [0.2, 0.25) is 5.02 Å². The van der Waals surface area contributed by atoms with Gasteiger partial charge in [0.15, 0.2) is 0 Å². The van der Waals surface area contributed by atoms with Gasteiger partial charge in [-0.3, -0.25) is 0 Å². The Bertz CT molecular complexity index is 488. The lowest BCUT2D eigenvalue weighted by molar-refractivity contribution is -0.134. The van der Waals surface area contributed by atoms with Crippen molar-refractivity contribution in [3.63, 3.8) is 0 Å². The maximum atomic E-state index is 10.8. The molecule has 0 amide bonds. The highest BCUT2D eigenvalue weighted by Gasteiger charge is 2.41. The zero-order valence-electron chi connectivity index (χ0n) is 12.8. The van der Waals surface area contributed by atoms with Gasteiger partial charge in [-0.2, -0.15) is 0 Å². The van der Waals surface area contributed by atoms with E-state index in [1.54, 1.807) is 0 Å². The first kappa shape index (κ1) is 15.3. The minimum absolute atomic E-state index is 0.0271. The van der Waals surface area contributed by atoms with Crippen molar-refractivity contribution in [2.24, 2.45) is 5.92 Å². The standard InChI is InChI=1S/C18H25ClO2/c1-13-5-6-15(16(19)11-13)17(20)14-7-10-21-18(12-14)8-3-2-4-9-18/h5-6,11,14,17,20H,2-4,7-10,12H2,1H3. The van der Waals surface area contributed by atoms with E-state index < -0.39 is 6.10 Å². The lowest BCUT2D eigenvalue weighted by atomic mass is 9.74. The summed E-state index contributed by atoms with van der Waals surface area (Å²) in [5.74, 6) is 0.261. The summed E-state index contributed by atoms with van der Waals surface area (Å²) >= 11 is 6.33. The Hall–Kier alpha value is -0.570. The first-order valence-electron chi connectivity index (χ1n) is 8.18. The molecule has 1 spiro atoms. The van der Waals surface area contributed by atoms with Crippen LogP contribution in [-0.4, -0.2) is 17.3 Å². The van der Waals surface area contributed by atoms with Crippen molar-refractivity contribution in [2.45, 2.75) is 63.6 Å². The third kappa shape index (κ3) is 3.28. The maximum Gasteiger partial charge on any atom is 0.0834 e. The molecule has 0 aromatic heterocycles. The first-order chi connectivity index (χ1) is 10.1. The van der Waals surface area contributed by atoms with E-state index >= 15 is 0 Å². The minimum Gasteiger partial charge on any atom is -0.388 e. The third-order valence-electron chi connectivity index (χ3n) is 5.22. The van der Waals surface area contributed by atoms with Crippen LogP contribution >= 0.6 is 11.6 Å². The molecule has 1 N–H and O–H groups in total. The van der Waals surface area contributed by atoms with E-state index in [4.69, 9.17) is 16.3 Å². The highest BCUT2D eigenvalue weighted by molar-refractivity contribution is 6.31. The second kappa shape index (κ2) is 6.28. The zero-order chi connectivity index (χ0) is 14.9. The molecule has 2 fully saturated rings. The topological polar surface area (TPSA) is 29.5 Å². The van der Waals surface area contributed by atoms with Crippen molar-refractivity contribution >= 4 is 11.6 Å². The van der Waals surface area contributed by atoms with Crippen LogP contribution in [0.3, 0.4) is 0 Å². The van der Waals surface area contributed by atoms with Crippen molar-refractivity contribution in [1.29, 1.82) is 0 Å². The molecule has 21 heavy (non-hydrogen) atoms. The average molecular weight is 309 g/mol. The summed E-state index contributed by atoms with van der Waals surface area (Å²) in [6.07, 6.45) is 7.56. The van der Waals surface area contributed by atoms with Crippen molar-refractivity contribution in [1.82, 2.24) is 0 Å². The zero-order valence-corrected chi connectivity index (χ0v) is 13.5. The molecule has 1 saturated carbocycles. The van der Waals surface area contributed by atoms with Gasteiger partial charge in [-0.1, -0.05) is 43.0 Å². The second-order valence-electron chi connectivity index (χ2n) is 6.81. The molecule has 116 valence electrons. The number of hydrogen-bond acceptors (Lipinski definition) is 2. The summed E-state index contributed by atoms with van der Waals surface area (Å²) in [7, 11) is 0. The lowest BCUT2D eigenvalue weighted by Gasteiger charge is -2.44. The van der Waals surface area contributed by atoms with Gasteiger partial charge >= 0.3 is 0 Å². The van der Waals surface area contributed by atoms with Gasteiger partial charge in [0.1, 0.15) is 0 Å². The Kier molecular flexibility index (Phi) is 4.58. The smallest absolute Gasteiger partial charge is 0.0834 e. The Morgan fingerprint density at radius 1 is 1.29 bits per heavy atom. The van der Waals surface area contributed by atoms with Gasteiger partial charge in [0.25, 0.3) is 0 Å². The molecule has 2 nitrogen and oxygen atoms in total. The molecule has 1 aromatic rings. The van der Waals surface area contributed by atoms with Gasteiger partial charge in [-0.05, 0) is 55.7 Å². The van der Waals surface area contributed by atoms with Crippen molar-refractivity contribution in [3.8, 4) is 0 Å². The van der Waals surface area contributed by atoms with E-state index in [-0.39, 0.29) is 11.5 Å². The predicted molar refractivity (Wildman–Crippen MR) is 85.6 cm³/mol. The third-order valence-corrected chi connectivity index (χ3v) is 5.54. The minimum atomic E-state index is -0.471.